The zero-order valence-electron chi connectivity index (χ0n) is 11.8. The summed E-state index contributed by atoms with van der Waals surface area (Å²) in [6, 6.07) is 5.26. The number of benzene rings is 1. The molecule has 4 heteroatoms. The Morgan fingerprint density at radius 3 is 2.85 bits per heavy atom. The molecule has 0 radical (unpaired) electrons. The zero-order valence-corrected chi connectivity index (χ0v) is 11.8. The second-order valence-electron chi connectivity index (χ2n) is 5.78. The van der Waals surface area contributed by atoms with Crippen LogP contribution in [-0.4, -0.2) is 35.6 Å². The lowest BCUT2D eigenvalue weighted by Crippen LogP contribution is -2.46. The molecule has 1 saturated heterocycles. The number of piperidine rings is 1. The van der Waals surface area contributed by atoms with Crippen LogP contribution in [0.5, 0.6) is 11.5 Å². The van der Waals surface area contributed by atoms with Crippen LogP contribution in [0.2, 0.25) is 0 Å². The van der Waals surface area contributed by atoms with Gasteiger partial charge in [0.25, 0.3) is 5.91 Å². The van der Waals surface area contributed by atoms with Gasteiger partial charge < -0.3 is 14.7 Å². The maximum atomic E-state index is 12.7. The van der Waals surface area contributed by atoms with Gasteiger partial charge in [-0.1, -0.05) is 6.42 Å². The first kappa shape index (κ1) is 13.3. The van der Waals surface area contributed by atoms with Crippen molar-refractivity contribution < 1.29 is 14.6 Å². The minimum Gasteiger partial charge on any atom is -0.507 e. The van der Waals surface area contributed by atoms with E-state index < -0.39 is 0 Å². The van der Waals surface area contributed by atoms with Crippen molar-refractivity contribution in [2.45, 2.75) is 38.1 Å². The number of phenolic OH excluding ortho intramolecular Hbond substituents is 1. The highest BCUT2D eigenvalue weighted by Gasteiger charge is 2.38. The molecule has 1 aliphatic carbocycles. The molecule has 1 heterocycles. The standard InChI is InChI=1S/C16H21NO3/c1-20-12-7-8-13(15(18)10-12)16(19)17-9-3-5-11-4-2-6-14(11)17/h7-8,10-11,14,18H,2-6,9H2,1H3. The summed E-state index contributed by atoms with van der Waals surface area (Å²) in [5, 5.41) is 10.0. The summed E-state index contributed by atoms with van der Waals surface area (Å²) < 4.78 is 5.06. The molecular weight excluding hydrogens is 254 g/mol. The SMILES string of the molecule is COc1ccc(C(=O)N2CCCC3CCCC32)c(O)c1. The van der Waals surface area contributed by atoms with Crippen molar-refractivity contribution in [3.05, 3.63) is 23.8 Å². The summed E-state index contributed by atoms with van der Waals surface area (Å²) in [5.74, 6) is 1.20. The van der Waals surface area contributed by atoms with Crippen molar-refractivity contribution >= 4 is 5.91 Å². The van der Waals surface area contributed by atoms with Crippen LogP contribution in [0.1, 0.15) is 42.5 Å². The summed E-state index contributed by atoms with van der Waals surface area (Å²) in [6.45, 7) is 0.811. The van der Waals surface area contributed by atoms with Gasteiger partial charge in [-0.15, -0.1) is 0 Å². The Kier molecular flexibility index (Phi) is 3.55. The number of methoxy groups -OCH3 is 1. The lowest BCUT2D eigenvalue weighted by molar-refractivity contribution is 0.0545. The highest BCUT2D eigenvalue weighted by Crippen LogP contribution is 2.38. The first-order valence-electron chi connectivity index (χ1n) is 7.38. The van der Waals surface area contributed by atoms with E-state index in [1.807, 2.05) is 4.90 Å². The summed E-state index contributed by atoms with van der Waals surface area (Å²) >= 11 is 0. The van der Waals surface area contributed by atoms with Gasteiger partial charge >= 0.3 is 0 Å². The molecule has 0 bridgehead atoms. The molecule has 2 atom stereocenters. The van der Waals surface area contributed by atoms with Crippen molar-refractivity contribution in [2.24, 2.45) is 5.92 Å². The molecule has 1 aromatic rings. The molecule has 1 saturated carbocycles. The van der Waals surface area contributed by atoms with Crippen molar-refractivity contribution in [3.63, 3.8) is 0 Å². The largest absolute Gasteiger partial charge is 0.507 e. The van der Waals surface area contributed by atoms with E-state index in [1.165, 1.54) is 25.3 Å². The van der Waals surface area contributed by atoms with Gasteiger partial charge in [0.1, 0.15) is 11.5 Å². The number of fused-ring (bicyclic) bond motifs is 1. The number of likely N-dealkylation sites (tertiary alicyclic amines) is 1. The molecule has 3 rings (SSSR count). The number of aromatic hydroxyl groups is 1. The van der Waals surface area contributed by atoms with Crippen LogP contribution in [0.3, 0.4) is 0 Å². The highest BCUT2D eigenvalue weighted by atomic mass is 16.5. The maximum absolute atomic E-state index is 12.7. The Morgan fingerprint density at radius 1 is 1.30 bits per heavy atom. The molecule has 1 aliphatic heterocycles. The van der Waals surface area contributed by atoms with E-state index in [2.05, 4.69) is 0 Å². The number of hydrogen-bond donors (Lipinski definition) is 1. The van der Waals surface area contributed by atoms with Gasteiger partial charge in [-0.2, -0.15) is 0 Å². The number of carbonyl (C=O) groups excluding carboxylic acids is 1. The molecule has 4 nitrogen and oxygen atoms in total. The van der Waals surface area contributed by atoms with Gasteiger partial charge in [0, 0.05) is 18.7 Å². The zero-order chi connectivity index (χ0) is 14.1. The van der Waals surface area contributed by atoms with Gasteiger partial charge in [0.2, 0.25) is 0 Å². The Balaban J connectivity index is 1.84. The van der Waals surface area contributed by atoms with Gasteiger partial charge in [0.15, 0.2) is 0 Å². The summed E-state index contributed by atoms with van der Waals surface area (Å²) in [6.07, 6.45) is 5.87. The third-order valence-electron chi connectivity index (χ3n) is 4.69. The van der Waals surface area contributed by atoms with Crippen LogP contribution >= 0.6 is 0 Å². The molecule has 2 aliphatic rings. The quantitative estimate of drug-likeness (QED) is 0.903. The third-order valence-corrected chi connectivity index (χ3v) is 4.69. The van der Waals surface area contributed by atoms with Crippen LogP contribution in [0.15, 0.2) is 18.2 Å². The third kappa shape index (κ3) is 2.23. The molecule has 20 heavy (non-hydrogen) atoms. The van der Waals surface area contributed by atoms with Crippen LogP contribution in [0.4, 0.5) is 0 Å². The second-order valence-corrected chi connectivity index (χ2v) is 5.78. The number of phenols is 1. The smallest absolute Gasteiger partial charge is 0.257 e. The molecule has 0 spiro atoms. The Morgan fingerprint density at radius 2 is 2.10 bits per heavy atom. The second kappa shape index (κ2) is 5.35. The van der Waals surface area contributed by atoms with Crippen molar-refractivity contribution in [1.29, 1.82) is 0 Å². The normalized spacial score (nSPS) is 25.4. The lowest BCUT2D eigenvalue weighted by atomic mass is 9.91. The average Bonchev–Trinajstić information content (AvgIpc) is 2.94. The topological polar surface area (TPSA) is 49.8 Å². The van der Waals surface area contributed by atoms with E-state index in [1.54, 1.807) is 19.2 Å². The number of ether oxygens (including phenoxy) is 1. The van der Waals surface area contributed by atoms with Gasteiger partial charge in [-0.05, 0) is 43.7 Å². The average molecular weight is 275 g/mol. The Labute approximate surface area is 119 Å². The van der Waals surface area contributed by atoms with E-state index in [0.29, 0.717) is 23.3 Å². The number of nitrogens with zero attached hydrogens (tertiary/aromatic N) is 1. The predicted molar refractivity (Wildman–Crippen MR) is 76.1 cm³/mol. The molecular formula is C16H21NO3. The van der Waals surface area contributed by atoms with Gasteiger partial charge in [0.05, 0.1) is 12.7 Å². The molecule has 0 aromatic heterocycles. The first-order chi connectivity index (χ1) is 9.70. The fourth-order valence-corrected chi connectivity index (χ4v) is 3.68. The van der Waals surface area contributed by atoms with Crippen molar-refractivity contribution in [2.75, 3.05) is 13.7 Å². The fourth-order valence-electron chi connectivity index (χ4n) is 3.68. The van der Waals surface area contributed by atoms with E-state index in [9.17, 15) is 9.90 Å². The first-order valence-corrected chi connectivity index (χ1v) is 7.38. The highest BCUT2D eigenvalue weighted by molar-refractivity contribution is 5.97. The summed E-state index contributed by atoms with van der Waals surface area (Å²) in [4.78, 5) is 14.7. The number of amides is 1. The minimum atomic E-state index is -0.0400. The molecule has 1 aromatic carbocycles. The predicted octanol–water partition coefficient (Wildman–Crippen LogP) is 2.81. The molecule has 2 unspecified atom stereocenters. The molecule has 1 N–H and O–H groups in total. The van der Waals surface area contributed by atoms with Gasteiger partial charge in [-0.25, -0.2) is 0 Å². The number of rotatable bonds is 2. The van der Waals surface area contributed by atoms with Crippen molar-refractivity contribution in [3.8, 4) is 11.5 Å². The van der Waals surface area contributed by atoms with Crippen molar-refractivity contribution in [1.82, 2.24) is 4.90 Å². The fraction of sp³-hybridized carbons (Fsp3) is 0.562. The Bertz CT molecular complexity index is 514. The van der Waals surface area contributed by atoms with E-state index >= 15 is 0 Å². The molecule has 1 amide bonds. The monoisotopic (exact) mass is 275 g/mol. The van der Waals surface area contributed by atoms with Gasteiger partial charge in [-0.3, -0.25) is 4.79 Å². The van der Waals surface area contributed by atoms with Crippen LogP contribution in [0.25, 0.3) is 0 Å². The minimum absolute atomic E-state index is 0.00877. The lowest BCUT2D eigenvalue weighted by Gasteiger charge is -2.38. The summed E-state index contributed by atoms with van der Waals surface area (Å²) in [5.41, 5.74) is 0.387. The molecule has 108 valence electrons. The summed E-state index contributed by atoms with van der Waals surface area (Å²) in [7, 11) is 1.55. The van der Waals surface area contributed by atoms with E-state index in [0.717, 1.165) is 19.4 Å². The Hall–Kier alpha value is -1.71. The molecule has 2 fully saturated rings. The van der Waals surface area contributed by atoms with Crippen LogP contribution < -0.4 is 4.74 Å². The van der Waals surface area contributed by atoms with Crippen LogP contribution in [0, 0.1) is 5.92 Å². The van der Waals surface area contributed by atoms with E-state index in [4.69, 9.17) is 4.74 Å². The number of carbonyl (C=O) groups is 1. The van der Waals surface area contributed by atoms with Crippen LogP contribution in [-0.2, 0) is 0 Å². The number of hydrogen-bond acceptors (Lipinski definition) is 3. The van der Waals surface area contributed by atoms with E-state index in [-0.39, 0.29) is 11.7 Å². The maximum Gasteiger partial charge on any atom is 0.257 e.